The second kappa shape index (κ2) is 3.70. The lowest BCUT2D eigenvalue weighted by molar-refractivity contribution is 0.476. The zero-order valence-electron chi connectivity index (χ0n) is 11.7. The summed E-state index contributed by atoms with van der Waals surface area (Å²) in [7, 11) is 2.12. The second-order valence-corrected chi connectivity index (χ2v) is 5.66. The van der Waals surface area contributed by atoms with Crippen LogP contribution in [-0.4, -0.2) is 13.7 Å². The van der Waals surface area contributed by atoms with E-state index in [1.54, 1.807) is 0 Å². The molecule has 0 amide bonds. The molecule has 102 valence electrons. The first-order valence-corrected chi connectivity index (χ1v) is 7.13. The number of rotatable bonds is 0. The number of anilines is 3. The number of fused-ring (bicyclic) bond motifs is 3. The van der Waals surface area contributed by atoms with Gasteiger partial charge in [0, 0.05) is 7.05 Å². The van der Waals surface area contributed by atoms with Crippen LogP contribution in [0.5, 0.6) is 11.5 Å². The first-order chi connectivity index (χ1) is 10.3. The maximum atomic E-state index is 6.16. The normalized spacial score (nSPS) is 14.9. The number of ether oxygens (including phenoxy) is 1. The summed E-state index contributed by atoms with van der Waals surface area (Å²) < 4.78 is 6.16. The Balaban J connectivity index is 1.81. The summed E-state index contributed by atoms with van der Waals surface area (Å²) in [6.07, 6.45) is 0. The van der Waals surface area contributed by atoms with Gasteiger partial charge < -0.3 is 14.5 Å². The SMILES string of the molecule is CN1CN2c3cc4ccccc4cc3Oc3cccc1c32. The summed E-state index contributed by atoms with van der Waals surface area (Å²) in [5.41, 5.74) is 3.56. The molecule has 0 fully saturated rings. The maximum Gasteiger partial charge on any atom is 0.153 e. The molecule has 0 spiro atoms. The molecule has 0 N–H and O–H groups in total. The Labute approximate surface area is 123 Å². The minimum atomic E-state index is 0.862. The summed E-state index contributed by atoms with van der Waals surface area (Å²) in [5.74, 6) is 1.88. The molecule has 0 aliphatic carbocycles. The first kappa shape index (κ1) is 11.0. The quantitative estimate of drug-likeness (QED) is 0.600. The number of hydrogen-bond acceptors (Lipinski definition) is 3. The molecular formula is C18H14N2O. The van der Waals surface area contributed by atoms with Gasteiger partial charge in [-0.2, -0.15) is 0 Å². The highest BCUT2D eigenvalue weighted by Crippen LogP contribution is 2.54. The highest BCUT2D eigenvalue weighted by Gasteiger charge is 2.33. The number of benzene rings is 3. The highest BCUT2D eigenvalue weighted by molar-refractivity contribution is 5.96. The molecule has 21 heavy (non-hydrogen) atoms. The topological polar surface area (TPSA) is 15.7 Å². The average molecular weight is 274 g/mol. The zero-order valence-corrected chi connectivity index (χ0v) is 11.7. The Morgan fingerprint density at radius 3 is 2.52 bits per heavy atom. The monoisotopic (exact) mass is 274 g/mol. The lowest BCUT2D eigenvalue weighted by Crippen LogP contribution is -2.25. The van der Waals surface area contributed by atoms with E-state index in [9.17, 15) is 0 Å². The van der Waals surface area contributed by atoms with E-state index in [0.717, 1.165) is 23.9 Å². The predicted molar refractivity (Wildman–Crippen MR) is 85.9 cm³/mol. The molecule has 3 aromatic rings. The molecule has 2 aliphatic heterocycles. The van der Waals surface area contributed by atoms with Crippen molar-refractivity contribution in [1.29, 1.82) is 0 Å². The molecule has 0 unspecified atom stereocenters. The van der Waals surface area contributed by atoms with Gasteiger partial charge >= 0.3 is 0 Å². The van der Waals surface area contributed by atoms with E-state index in [1.807, 2.05) is 6.07 Å². The van der Waals surface area contributed by atoms with E-state index in [2.05, 4.69) is 65.4 Å². The van der Waals surface area contributed by atoms with Crippen molar-refractivity contribution in [3.63, 3.8) is 0 Å². The van der Waals surface area contributed by atoms with Crippen LogP contribution in [-0.2, 0) is 0 Å². The molecular weight excluding hydrogens is 260 g/mol. The Bertz CT molecular complexity index is 888. The van der Waals surface area contributed by atoms with Gasteiger partial charge in [-0.1, -0.05) is 30.3 Å². The van der Waals surface area contributed by atoms with Crippen LogP contribution in [0.2, 0.25) is 0 Å². The van der Waals surface area contributed by atoms with Gasteiger partial charge in [-0.25, -0.2) is 0 Å². The van der Waals surface area contributed by atoms with Crippen LogP contribution in [0.3, 0.4) is 0 Å². The second-order valence-electron chi connectivity index (χ2n) is 5.66. The van der Waals surface area contributed by atoms with Gasteiger partial charge in [-0.3, -0.25) is 0 Å². The van der Waals surface area contributed by atoms with E-state index in [1.165, 1.54) is 22.1 Å². The summed E-state index contributed by atoms with van der Waals surface area (Å²) >= 11 is 0. The fourth-order valence-electron chi connectivity index (χ4n) is 3.35. The van der Waals surface area contributed by atoms with Crippen molar-refractivity contribution in [2.24, 2.45) is 0 Å². The number of para-hydroxylation sites is 1. The molecule has 3 heteroatoms. The van der Waals surface area contributed by atoms with Crippen LogP contribution in [0.1, 0.15) is 0 Å². The highest BCUT2D eigenvalue weighted by atomic mass is 16.5. The largest absolute Gasteiger partial charge is 0.453 e. The number of hydrogen-bond donors (Lipinski definition) is 0. The van der Waals surface area contributed by atoms with Gasteiger partial charge in [0.15, 0.2) is 11.5 Å². The van der Waals surface area contributed by atoms with Gasteiger partial charge in [-0.05, 0) is 35.0 Å². The standard InChI is InChI=1S/C18H14N2O/c1-19-11-20-15-9-12-5-2-3-6-13(12)10-17(15)21-16-8-4-7-14(19)18(16)20/h2-10H,11H2,1H3. The fourth-order valence-corrected chi connectivity index (χ4v) is 3.35. The molecule has 0 atom stereocenters. The van der Waals surface area contributed by atoms with Gasteiger partial charge in [0.25, 0.3) is 0 Å². The molecule has 0 saturated heterocycles. The van der Waals surface area contributed by atoms with E-state index in [4.69, 9.17) is 4.74 Å². The van der Waals surface area contributed by atoms with Crippen molar-refractivity contribution in [1.82, 2.24) is 0 Å². The van der Waals surface area contributed by atoms with Gasteiger partial charge in [0.1, 0.15) is 5.69 Å². The van der Waals surface area contributed by atoms with Crippen molar-refractivity contribution < 1.29 is 4.74 Å². The van der Waals surface area contributed by atoms with Crippen molar-refractivity contribution in [2.75, 3.05) is 23.5 Å². The summed E-state index contributed by atoms with van der Waals surface area (Å²) in [6.45, 7) is 0.862. The zero-order chi connectivity index (χ0) is 14.0. The van der Waals surface area contributed by atoms with Crippen LogP contribution in [0.15, 0.2) is 54.6 Å². The van der Waals surface area contributed by atoms with E-state index in [0.29, 0.717) is 0 Å². The number of nitrogens with zero attached hydrogens (tertiary/aromatic N) is 2. The molecule has 0 bridgehead atoms. The first-order valence-electron chi connectivity index (χ1n) is 7.13. The maximum absolute atomic E-state index is 6.16. The molecule has 3 nitrogen and oxygen atoms in total. The van der Waals surface area contributed by atoms with Gasteiger partial charge in [-0.15, -0.1) is 0 Å². The third-order valence-electron chi connectivity index (χ3n) is 4.35. The minimum absolute atomic E-state index is 0.862. The molecule has 2 heterocycles. The fraction of sp³-hybridized carbons (Fsp3) is 0.111. The predicted octanol–water partition coefficient (Wildman–Crippen LogP) is 4.49. The molecule has 0 radical (unpaired) electrons. The smallest absolute Gasteiger partial charge is 0.153 e. The van der Waals surface area contributed by atoms with Gasteiger partial charge in [0.2, 0.25) is 0 Å². The van der Waals surface area contributed by atoms with Crippen LogP contribution < -0.4 is 14.5 Å². The van der Waals surface area contributed by atoms with Crippen molar-refractivity contribution in [3.05, 3.63) is 54.6 Å². The van der Waals surface area contributed by atoms with Crippen molar-refractivity contribution in [3.8, 4) is 11.5 Å². The Morgan fingerprint density at radius 1 is 0.857 bits per heavy atom. The summed E-state index contributed by atoms with van der Waals surface area (Å²) in [4.78, 5) is 4.60. The van der Waals surface area contributed by atoms with E-state index in [-0.39, 0.29) is 0 Å². The average Bonchev–Trinajstić information content (AvgIpc) is 2.85. The lowest BCUT2D eigenvalue weighted by Gasteiger charge is -2.28. The molecule has 2 aliphatic rings. The van der Waals surface area contributed by atoms with Gasteiger partial charge in [0.05, 0.1) is 18.0 Å². The Morgan fingerprint density at radius 2 is 1.67 bits per heavy atom. The molecule has 3 aromatic carbocycles. The van der Waals surface area contributed by atoms with Crippen LogP contribution in [0, 0.1) is 0 Å². The molecule has 5 rings (SSSR count). The Kier molecular flexibility index (Phi) is 1.94. The summed E-state index contributed by atoms with van der Waals surface area (Å²) in [6, 6.07) is 19.0. The summed E-state index contributed by atoms with van der Waals surface area (Å²) in [5, 5.41) is 2.46. The van der Waals surface area contributed by atoms with E-state index < -0.39 is 0 Å². The van der Waals surface area contributed by atoms with Crippen molar-refractivity contribution in [2.45, 2.75) is 0 Å². The van der Waals surface area contributed by atoms with Crippen LogP contribution >= 0.6 is 0 Å². The van der Waals surface area contributed by atoms with Crippen molar-refractivity contribution >= 4 is 27.8 Å². The van der Waals surface area contributed by atoms with Crippen LogP contribution in [0.25, 0.3) is 10.8 Å². The minimum Gasteiger partial charge on any atom is -0.453 e. The lowest BCUT2D eigenvalue weighted by atomic mass is 10.1. The molecule has 0 aromatic heterocycles. The van der Waals surface area contributed by atoms with Crippen LogP contribution in [0.4, 0.5) is 17.1 Å². The third kappa shape index (κ3) is 1.38. The molecule has 0 saturated carbocycles. The Hall–Kier alpha value is -2.68. The third-order valence-corrected chi connectivity index (χ3v) is 4.35. The van der Waals surface area contributed by atoms with E-state index >= 15 is 0 Å².